The first kappa shape index (κ1) is 16.3. The second kappa shape index (κ2) is 7.26. The summed E-state index contributed by atoms with van der Waals surface area (Å²) in [6.45, 7) is 8.45. The van der Waals surface area contributed by atoms with Gasteiger partial charge in [-0.05, 0) is 60.6 Å². The van der Waals surface area contributed by atoms with Crippen molar-refractivity contribution in [2.75, 3.05) is 5.32 Å². The summed E-state index contributed by atoms with van der Waals surface area (Å²) in [5.74, 6) is 0.611. The van der Waals surface area contributed by atoms with Crippen LogP contribution in [0.15, 0.2) is 42.5 Å². The predicted molar refractivity (Wildman–Crippen MR) is 93.4 cm³/mol. The molecule has 0 spiro atoms. The van der Waals surface area contributed by atoms with Crippen molar-refractivity contribution in [3.8, 4) is 0 Å². The smallest absolute Gasteiger partial charge is 0.224 e. The van der Waals surface area contributed by atoms with E-state index >= 15 is 0 Å². The van der Waals surface area contributed by atoms with Crippen LogP contribution in [-0.4, -0.2) is 5.91 Å². The molecule has 1 amide bonds. The van der Waals surface area contributed by atoms with Gasteiger partial charge in [-0.1, -0.05) is 44.2 Å². The maximum Gasteiger partial charge on any atom is 0.224 e. The van der Waals surface area contributed by atoms with E-state index in [2.05, 4.69) is 49.5 Å². The van der Waals surface area contributed by atoms with Crippen LogP contribution >= 0.6 is 0 Å². The summed E-state index contributed by atoms with van der Waals surface area (Å²) in [6, 6.07) is 14.7. The van der Waals surface area contributed by atoms with Gasteiger partial charge in [-0.2, -0.15) is 0 Å². The molecule has 1 N–H and O–H groups in total. The minimum Gasteiger partial charge on any atom is -0.326 e. The summed E-state index contributed by atoms with van der Waals surface area (Å²) in [4.78, 5) is 12.1. The number of nitrogens with one attached hydrogen (secondary N) is 1. The second-order valence-electron chi connectivity index (χ2n) is 6.32. The fourth-order valence-electron chi connectivity index (χ4n) is 2.60. The Morgan fingerprint density at radius 1 is 1.00 bits per heavy atom. The number of aryl methyl sites for hydroxylation is 3. The van der Waals surface area contributed by atoms with Gasteiger partial charge in [-0.3, -0.25) is 4.79 Å². The number of benzene rings is 2. The molecule has 0 bridgehead atoms. The van der Waals surface area contributed by atoms with Crippen molar-refractivity contribution in [1.29, 1.82) is 0 Å². The monoisotopic (exact) mass is 295 g/mol. The van der Waals surface area contributed by atoms with Crippen molar-refractivity contribution in [3.05, 3.63) is 64.7 Å². The van der Waals surface area contributed by atoms with Crippen LogP contribution in [0.2, 0.25) is 0 Å². The molecule has 0 saturated heterocycles. The van der Waals surface area contributed by atoms with Crippen molar-refractivity contribution in [3.63, 3.8) is 0 Å². The minimum atomic E-state index is 0.0675. The molecule has 2 aromatic carbocycles. The van der Waals surface area contributed by atoms with Crippen LogP contribution in [0.1, 0.15) is 48.4 Å². The van der Waals surface area contributed by atoms with Gasteiger partial charge < -0.3 is 5.32 Å². The Labute approximate surface area is 133 Å². The van der Waals surface area contributed by atoms with E-state index in [1.807, 2.05) is 26.0 Å². The van der Waals surface area contributed by atoms with Gasteiger partial charge in [0.25, 0.3) is 0 Å². The van der Waals surface area contributed by atoms with Crippen molar-refractivity contribution < 1.29 is 4.79 Å². The highest BCUT2D eigenvalue weighted by atomic mass is 16.1. The molecule has 2 aromatic rings. The van der Waals surface area contributed by atoms with Crippen LogP contribution in [0.5, 0.6) is 0 Å². The third kappa shape index (κ3) is 4.73. The molecule has 2 nitrogen and oxygen atoms in total. The highest BCUT2D eigenvalue weighted by Crippen LogP contribution is 2.16. The van der Waals surface area contributed by atoms with Gasteiger partial charge in [-0.25, -0.2) is 0 Å². The van der Waals surface area contributed by atoms with Crippen molar-refractivity contribution >= 4 is 11.6 Å². The van der Waals surface area contributed by atoms with Crippen molar-refractivity contribution in [2.45, 2.75) is 46.5 Å². The lowest BCUT2D eigenvalue weighted by molar-refractivity contribution is -0.116. The Bertz CT molecular complexity index is 621. The first-order valence-corrected chi connectivity index (χ1v) is 7.91. The van der Waals surface area contributed by atoms with Gasteiger partial charge in [-0.15, -0.1) is 0 Å². The highest BCUT2D eigenvalue weighted by Gasteiger charge is 2.05. The third-order valence-electron chi connectivity index (χ3n) is 3.79. The van der Waals surface area contributed by atoms with E-state index in [0.717, 1.165) is 12.1 Å². The van der Waals surface area contributed by atoms with E-state index < -0.39 is 0 Å². The van der Waals surface area contributed by atoms with Crippen LogP contribution in [0.25, 0.3) is 0 Å². The molecule has 2 heteroatoms. The van der Waals surface area contributed by atoms with Gasteiger partial charge in [0.2, 0.25) is 5.91 Å². The molecule has 0 unspecified atom stereocenters. The van der Waals surface area contributed by atoms with Gasteiger partial charge in [0, 0.05) is 12.1 Å². The zero-order valence-electron chi connectivity index (χ0n) is 13.9. The summed E-state index contributed by atoms with van der Waals surface area (Å²) >= 11 is 0. The average molecular weight is 295 g/mol. The summed E-state index contributed by atoms with van der Waals surface area (Å²) in [7, 11) is 0. The van der Waals surface area contributed by atoms with Gasteiger partial charge in [0.1, 0.15) is 0 Å². The quantitative estimate of drug-likeness (QED) is 0.826. The molecular weight excluding hydrogens is 270 g/mol. The number of anilines is 1. The first-order valence-electron chi connectivity index (χ1n) is 7.91. The maximum atomic E-state index is 12.1. The van der Waals surface area contributed by atoms with Crippen LogP contribution in [-0.2, 0) is 11.2 Å². The lowest BCUT2D eigenvalue weighted by atomic mass is 10.0. The van der Waals surface area contributed by atoms with Crippen LogP contribution in [0, 0.1) is 13.8 Å². The molecule has 22 heavy (non-hydrogen) atoms. The van der Waals surface area contributed by atoms with Gasteiger partial charge >= 0.3 is 0 Å². The fraction of sp³-hybridized carbons (Fsp3) is 0.350. The largest absolute Gasteiger partial charge is 0.326 e. The van der Waals surface area contributed by atoms with Crippen LogP contribution in [0.4, 0.5) is 5.69 Å². The zero-order valence-corrected chi connectivity index (χ0v) is 13.9. The topological polar surface area (TPSA) is 29.1 Å². The Balaban J connectivity index is 1.89. The average Bonchev–Trinajstić information content (AvgIpc) is 2.44. The lowest BCUT2D eigenvalue weighted by Gasteiger charge is -2.09. The molecule has 0 aliphatic heterocycles. The van der Waals surface area contributed by atoms with Gasteiger partial charge in [0.05, 0.1) is 0 Å². The molecule has 0 saturated carbocycles. The molecule has 0 aromatic heterocycles. The fourth-order valence-corrected chi connectivity index (χ4v) is 2.60. The Morgan fingerprint density at radius 3 is 2.14 bits per heavy atom. The molecule has 0 fully saturated rings. The number of hydrogen-bond acceptors (Lipinski definition) is 1. The van der Waals surface area contributed by atoms with E-state index in [-0.39, 0.29) is 5.91 Å². The van der Waals surface area contributed by atoms with Crippen molar-refractivity contribution in [2.24, 2.45) is 0 Å². The van der Waals surface area contributed by atoms with E-state index in [0.29, 0.717) is 12.3 Å². The van der Waals surface area contributed by atoms with E-state index in [1.165, 1.54) is 22.3 Å². The summed E-state index contributed by atoms with van der Waals surface area (Å²) < 4.78 is 0. The summed E-state index contributed by atoms with van der Waals surface area (Å²) in [5, 5.41) is 2.98. The van der Waals surface area contributed by atoms with Crippen LogP contribution < -0.4 is 5.32 Å². The number of amides is 1. The molecule has 0 heterocycles. The molecule has 0 aliphatic carbocycles. The predicted octanol–water partition coefficient (Wildman–Crippen LogP) is 5.00. The highest BCUT2D eigenvalue weighted by molar-refractivity contribution is 5.91. The molecule has 116 valence electrons. The van der Waals surface area contributed by atoms with E-state index in [9.17, 15) is 4.79 Å². The molecule has 0 atom stereocenters. The Kier molecular flexibility index (Phi) is 5.37. The SMILES string of the molecule is Cc1cc(C)cc(NC(=O)CCc2ccc(C(C)C)cc2)c1. The molecule has 0 aliphatic rings. The number of carbonyl (C=O) groups excluding carboxylic acids is 1. The minimum absolute atomic E-state index is 0.0675. The Morgan fingerprint density at radius 2 is 1.59 bits per heavy atom. The summed E-state index contributed by atoms with van der Waals surface area (Å²) in [6.07, 6.45) is 1.28. The van der Waals surface area contributed by atoms with E-state index in [1.54, 1.807) is 0 Å². The number of carbonyl (C=O) groups is 1. The Hall–Kier alpha value is -2.09. The number of rotatable bonds is 5. The molecule has 0 radical (unpaired) electrons. The maximum absolute atomic E-state index is 12.1. The van der Waals surface area contributed by atoms with Gasteiger partial charge in [0.15, 0.2) is 0 Å². The normalized spacial score (nSPS) is 10.8. The number of hydrogen-bond donors (Lipinski definition) is 1. The third-order valence-corrected chi connectivity index (χ3v) is 3.79. The second-order valence-corrected chi connectivity index (χ2v) is 6.32. The van der Waals surface area contributed by atoms with Crippen molar-refractivity contribution in [1.82, 2.24) is 0 Å². The molecular formula is C20H25NO. The molecule has 2 rings (SSSR count). The first-order chi connectivity index (χ1) is 10.4. The zero-order chi connectivity index (χ0) is 16.1. The summed E-state index contributed by atoms with van der Waals surface area (Å²) in [5.41, 5.74) is 5.76. The lowest BCUT2D eigenvalue weighted by Crippen LogP contribution is -2.12. The standard InChI is InChI=1S/C20H25NO/c1-14(2)18-8-5-17(6-9-18)7-10-20(22)21-19-12-15(3)11-16(4)13-19/h5-6,8-9,11-14H,7,10H2,1-4H3,(H,21,22). The van der Waals surface area contributed by atoms with Crippen LogP contribution in [0.3, 0.4) is 0 Å². The van der Waals surface area contributed by atoms with E-state index in [4.69, 9.17) is 0 Å².